The van der Waals surface area contributed by atoms with Gasteiger partial charge in [0.2, 0.25) is 6.04 Å². The third kappa shape index (κ3) is 2.57. The van der Waals surface area contributed by atoms with Crippen molar-refractivity contribution in [2.75, 3.05) is 5.75 Å². The lowest BCUT2D eigenvalue weighted by atomic mass is 10.00. The van der Waals surface area contributed by atoms with Crippen molar-refractivity contribution in [2.45, 2.75) is 37.6 Å². The van der Waals surface area contributed by atoms with Crippen LogP contribution in [0.4, 0.5) is 0 Å². The van der Waals surface area contributed by atoms with Crippen molar-refractivity contribution in [3.8, 4) is 0 Å². The molecule has 1 heterocycles. The quantitative estimate of drug-likeness (QED) is 0.552. The SMILES string of the molecule is CC(C)C[C@@H]1SC[C@H](N)[C@@H]1[N+](=O)[O-]. The van der Waals surface area contributed by atoms with Gasteiger partial charge in [-0.3, -0.25) is 10.1 Å². The fourth-order valence-corrected chi connectivity index (χ4v) is 3.36. The largest absolute Gasteiger partial charge is 0.321 e. The first-order valence-electron chi connectivity index (χ1n) is 4.53. The normalized spacial score (nSPS) is 34.0. The summed E-state index contributed by atoms with van der Waals surface area (Å²) in [4.78, 5) is 10.5. The molecule has 1 rings (SSSR count). The minimum absolute atomic E-state index is 0.116. The maximum absolute atomic E-state index is 10.7. The van der Waals surface area contributed by atoms with Crippen LogP contribution < -0.4 is 5.73 Å². The highest BCUT2D eigenvalue weighted by molar-refractivity contribution is 8.00. The van der Waals surface area contributed by atoms with Crippen molar-refractivity contribution >= 4 is 11.8 Å². The van der Waals surface area contributed by atoms with Gasteiger partial charge in [-0.1, -0.05) is 13.8 Å². The van der Waals surface area contributed by atoms with E-state index in [9.17, 15) is 10.1 Å². The van der Waals surface area contributed by atoms with Crippen LogP contribution in [-0.4, -0.2) is 28.0 Å². The zero-order chi connectivity index (χ0) is 10.0. The lowest BCUT2D eigenvalue weighted by Crippen LogP contribution is -2.42. The third-order valence-corrected chi connectivity index (χ3v) is 3.75. The molecule has 76 valence electrons. The molecule has 1 fully saturated rings. The van der Waals surface area contributed by atoms with E-state index in [0.717, 1.165) is 12.2 Å². The van der Waals surface area contributed by atoms with E-state index in [1.807, 2.05) is 0 Å². The molecule has 3 atom stereocenters. The fourth-order valence-electron chi connectivity index (χ4n) is 1.67. The summed E-state index contributed by atoms with van der Waals surface area (Å²) in [6.45, 7) is 4.17. The Kier molecular flexibility index (Phi) is 3.55. The van der Waals surface area contributed by atoms with E-state index in [2.05, 4.69) is 13.8 Å². The van der Waals surface area contributed by atoms with Crippen LogP contribution >= 0.6 is 11.8 Å². The van der Waals surface area contributed by atoms with E-state index in [0.29, 0.717) is 5.92 Å². The Hall–Kier alpha value is -0.290. The smallest absolute Gasteiger partial charge is 0.240 e. The van der Waals surface area contributed by atoms with Gasteiger partial charge in [0.15, 0.2) is 0 Å². The Bertz CT molecular complexity index is 199. The molecule has 0 aromatic carbocycles. The molecular formula is C8H16N2O2S. The zero-order valence-electron chi connectivity index (χ0n) is 7.97. The second-order valence-electron chi connectivity index (χ2n) is 3.94. The van der Waals surface area contributed by atoms with Crippen molar-refractivity contribution in [3.05, 3.63) is 10.1 Å². The number of nitro groups is 1. The monoisotopic (exact) mass is 204 g/mol. The van der Waals surface area contributed by atoms with Gasteiger partial charge in [-0.2, -0.15) is 0 Å². The summed E-state index contributed by atoms with van der Waals surface area (Å²) in [6.07, 6.45) is 0.893. The number of thioether (sulfide) groups is 1. The molecule has 0 aromatic rings. The van der Waals surface area contributed by atoms with Crippen molar-refractivity contribution in [3.63, 3.8) is 0 Å². The van der Waals surface area contributed by atoms with Gasteiger partial charge >= 0.3 is 0 Å². The molecule has 1 aliphatic heterocycles. The molecule has 2 N–H and O–H groups in total. The summed E-state index contributed by atoms with van der Waals surface area (Å²) in [5.41, 5.74) is 5.68. The van der Waals surface area contributed by atoms with Crippen LogP contribution in [0.1, 0.15) is 20.3 Å². The number of nitrogens with two attached hydrogens (primary N) is 1. The fraction of sp³-hybridized carbons (Fsp3) is 1.00. The van der Waals surface area contributed by atoms with Crippen LogP contribution in [-0.2, 0) is 0 Å². The van der Waals surface area contributed by atoms with E-state index in [1.54, 1.807) is 11.8 Å². The van der Waals surface area contributed by atoms with Crippen LogP contribution in [0.25, 0.3) is 0 Å². The van der Waals surface area contributed by atoms with Crippen LogP contribution in [0, 0.1) is 16.0 Å². The molecule has 1 saturated heterocycles. The van der Waals surface area contributed by atoms with Crippen LogP contribution in [0.3, 0.4) is 0 Å². The Labute approximate surface area is 82.4 Å². The van der Waals surface area contributed by atoms with E-state index < -0.39 is 6.04 Å². The zero-order valence-corrected chi connectivity index (χ0v) is 8.79. The third-order valence-electron chi connectivity index (χ3n) is 2.27. The molecule has 0 aliphatic carbocycles. The van der Waals surface area contributed by atoms with Crippen molar-refractivity contribution in [2.24, 2.45) is 11.7 Å². The molecule has 0 aromatic heterocycles. The Morgan fingerprint density at radius 3 is 2.77 bits per heavy atom. The van der Waals surface area contributed by atoms with Crippen LogP contribution in [0.15, 0.2) is 0 Å². The summed E-state index contributed by atoms with van der Waals surface area (Å²) in [7, 11) is 0. The molecule has 13 heavy (non-hydrogen) atoms. The minimum atomic E-state index is -0.535. The molecule has 0 radical (unpaired) electrons. The van der Waals surface area contributed by atoms with Gasteiger partial charge in [-0.25, -0.2) is 0 Å². The van der Waals surface area contributed by atoms with Crippen molar-refractivity contribution in [1.29, 1.82) is 0 Å². The molecule has 0 amide bonds. The van der Waals surface area contributed by atoms with E-state index >= 15 is 0 Å². The first kappa shape index (κ1) is 10.8. The van der Waals surface area contributed by atoms with Crippen LogP contribution in [0.2, 0.25) is 0 Å². The Morgan fingerprint density at radius 2 is 2.31 bits per heavy atom. The van der Waals surface area contributed by atoms with E-state index in [-0.39, 0.29) is 16.2 Å². The molecule has 4 nitrogen and oxygen atoms in total. The summed E-state index contributed by atoms with van der Waals surface area (Å²) < 4.78 is 0. The second kappa shape index (κ2) is 4.28. The maximum atomic E-state index is 10.7. The van der Waals surface area contributed by atoms with E-state index in [4.69, 9.17) is 5.73 Å². The molecule has 0 bridgehead atoms. The number of hydrogen-bond donors (Lipinski definition) is 1. The van der Waals surface area contributed by atoms with Gasteiger partial charge in [0.05, 0.1) is 11.3 Å². The van der Waals surface area contributed by atoms with E-state index in [1.165, 1.54) is 0 Å². The molecule has 0 saturated carbocycles. The number of rotatable bonds is 3. The standard InChI is InChI=1S/C8H16N2O2S/c1-5(2)3-7-8(10(11)12)6(9)4-13-7/h5-8H,3-4,9H2,1-2H3/t6-,7-,8-/m0/s1. The summed E-state index contributed by atoms with van der Waals surface area (Å²) in [5, 5.41) is 10.8. The summed E-state index contributed by atoms with van der Waals surface area (Å²) in [6, 6.07) is -0.795. The van der Waals surface area contributed by atoms with Gasteiger partial charge in [-0.05, 0) is 12.3 Å². The minimum Gasteiger partial charge on any atom is -0.321 e. The molecule has 1 aliphatic rings. The molecule has 0 unspecified atom stereocenters. The topological polar surface area (TPSA) is 69.2 Å². The average Bonchev–Trinajstić information content (AvgIpc) is 2.30. The van der Waals surface area contributed by atoms with Gasteiger partial charge < -0.3 is 5.73 Å². The van der Waals surface area contributed by atoms with Gasteiger partial charge in [0, 0.05) is 10.7 Å². The highest BCUT2D eigenvalue weighted by Gasteiger charge is 2.43. The Balaban J connectivity index is 2.59. The van der Waals surface area contributed by atoms with Crippen molar-refractivity contribution in [1.82, 2.24) is 0 Å². The van der Waals surface area contributed by atoms with Gasteiger partial charge in [0.1, 0.15) is 0 Å². The average molecular weight is 204 g/mol. The summed E-state index contributed by atoms with van der Waals surface area (Å²) >= 11 is 1.65. The molecule has 5 heteroatoms. The predicted molar refractivity (Wildman–Crippen MR) is 54.5 cm³/mol. The summed E-state index contributed by atoms with van der Waals surface area (Å²) in [5.74, 6) is 1.23. The predicted octanol–water partition coefficient (Wildman–Crippen LogP) is 1.12. The van der Waals surface area contributed by atoms with Crippen LogP contribution in [0.5, 0.6) is 0 Å². The molecule has 0 spiro atoms. The maximum Gasteiger partial charge on any atom is 0.240 e. The van der Waals surface area contributed by atoms with Gasteiger partial charge in [0.25, 0.3) is 0 Å². The molecular weight excluding hydrogens is 188 g/mol. The first-order chi connectivity index (χ1) is 6.02. The highest BCUT2D eigenvalue weighted by Crippen LogP contribution is 2.32. The first-order valence-corrected chi connectivity index (χ1v) is 5.58. The number of hydrogen-bond acceptors (Lipinski definition) is 4. The lowest BCUT2D eigenvalue weighted by Gasteiger charge is -2.15. The van der Waals surface area contributed by atoms with Crippen molar-refractivity contribution < 1.29 is 4.92 Å². The lowest BCUT2D eigenvalue weighted by molar-refractivity contribution is -0.523. The highest BCUT2D eigenvalue weighted by atomic mass is 32.2. The van der Waals surface area contributed by atoms with Gasteiger partial charge in [-0.15, -0.1) is 11.8 Å². The second-order valence-corrected chi connectivity index (χ2v) is 5.21. The number of nitrogens with zero attached hydrogens (tertiary/aromatic N) is 1. The Morgan fingerprint density at radius 1 is 1.69 bits per heavy atom.